The number of carbonyl (C=O) groups is 1. The van der Waals surface area contributed by atoms with Crippen LogP contribution in [0.15, 0.2) is 22.8 Å². The lowest BCUT2D eigenvalue weighted by molar-refractivity contribution is -0.130. The first kappa shape index (κ1) is 12.9. The number of methoxy groups -OCH3 is 2. The SMILES string of the molecule is COc1ccc(/C=C2\N=C(C)OC2=O)c(N)c1OC. The van der Waals surface area contributed by atoms with Gasteiger partial charge in [-0.25, -0.2) is 9.79 Å². The van der Waals surface area contributed by atoms with E-state index in [-0.39, 0.29) is 5.70 Å². The zero-order valence-electron chi connectivity index (χ0n) is 10.9. The van der Waals surface area contributed by atoms with E-state index < -0.39 is 5.97 Å². The van der Waals surface area contributed by atoms with Crippen LogP contribution in [0.2, 0.25) is 0 Å². The summed E-state index contributed by atoms with van der Waals surface area (Å²) in [6.45, 7) is 1.61. The monoisotopic (exact) mass is 262 g/mol. The molecule has 6 nitrogen and oxygen atoms in total. The molecule has 1 aliphatic rings. The summed E-state index contributed by atoms with van der Waals surface area (Å²) in [6.07, 6.45) is 1.55. The maximum absolute atomic E-state index is 11.5. The Balaban J connectivity index is 2.47. The Kier molecular flexibility index (Phi) is 3.41. The third-order valence-electron chi connectivity index (χ3n) is 2.64. The maximum Gasteiger partial charge on any atom is 0.363 e. The largest absolute Gasteiger partial charge is 0.493 e. The van der Waals surface area contributed by atoms with E-state index in [0.717, 1.165) is 0 Å². The molecule has 0 saturated carbocycles. The van der Waals surface area contributed by atoms with Crippen LogP contribution >= 0.6 is 0 Å². The van der Waals surface area contributed by atoms with Crippen LogP contribution in [0.3, 0.4) is 0 Å². The van der Waals surface area contributed by atoms with Crippen molar-refractivity contribution < 1.29 is 19.0 Å². The molecule has 0 radical (unpaired) electrons. The van der Waals surface area contributed by atoms with Crippen molar-refractivity contribution in [1.82, 2.24) is 0 Å². The van der Waals surface area contributed by atoms with Gasteiger partial charge in [0.25, 0.3) is 0 Å². The molecule has 2 N–H and O–H groups in total. The Bertz CT molecular complexity index is 591. The first-order valence-corrected chi connectivity index (χ1v) is 5.56. The highest BCUT2D eigenvalue weighted by Crippen LogP contribution is 2.36. The van der Waals surface area contributed by atoms with Gasteiger partial charge in [0.15, 0.2) is 23.1 Å². The summed E-state index contributed by atoms with van der Waals surface area (Å²) in [5.41, 5.74) is 7.17. The van der Waals surface area contributed by atoms with E-state index in [1.807, 2.05) is 0 Å². The van der Waals surface area contributed by atoms with E-state index in [1.54, 1.807) is 25.1 Å². The van der Waals surface area contributed by atoms with Crippen molar-refractivity contribution in [2.45, 2.75) is 6.92 Å². The fourth-order valence-electron chi connectivity index (χ4n) is 1.75. The average molecular weight is 262 g/mol. The number of nitrogens with two attached hydrogens (primary N) is 1. The molecular weight excluding hydrogens is 248 g/mol. The van der Waals surface area contributed by atoms with Crippen LogP contribution in [0.5, 0.6) is 11.5 Å². The summed E-state index contributed by atoms with van der Waals surface area (Å²) in [4.78, 5) is 15.5. The number of rotatable bonds is 3. The van der Waals surface area contributed by atoms with Gasteiger partial charge in [0, 0.05) is 12.5 Å². The predicted octanol–water partition coefficient (Wildman–Crippen LogP) is 1.60. The van der Waals surface area contributed by atoms with Crippen molar-refractivity contribution in [2.75, 3.05) is 20.0 Å². The molecule has 0 aliphatic carbocycles. The summed E-state index contributed by atoms with van der Waals surface area (Å²) < 4.78 is 15.2. The van der Waals surface area contributed by atoms with Gasteiger partial charge >= 0.3 is 5.97 Å². The molecule has 1 aliphatic heterocycles. The number of aliphatic imine (C=N–C) groups is 1. The molecule has 0 aromatic heterocycles. The summed E-state index contributed by atoms with van der Waals surface area (Å²) in [7, 11) is 3.02. The number of nitrogen functional groups attached to an aromatic ring is 1. The number of cyclic esters (lactones) is 1. The average Bonchev–Trinajstić information content (AvgIpc) is 2.70. The lowest BCUT2D eigenvalue weighted by Crippen LogP contribution is -2.01. The molecule has 1 aromatic carbocycles. The van der Waals surface area contributed by atoms with Gasteiger partial charge in [-0.2, -0.15) is 0 Å². The summed E-state index contributed by atoms with van der Waals surface area (Å²) >= 11 is 0. The van der Waals surface area contributed by atoms with Crippen LogP contribution in [0.1, 0.15) is 12.5 Å². The van der Waals surface area contributed by atoms with E-state index >= 15 is 0 Å². The molecule has 1 heterocycles. The Hall–Kier alpha value is -2.50. The van der Waals surface area contributed by atoms with Crippen LogP contribution in [-0.2, 0) is 9.53 Å². The topological polar surface area (TPSA) is 83.1 Å². The van der Waals surface area contributed by atoms with Gasteiger partial charge < -0.3 is 19.9 Å². The number of hydrogen-bond donors (Lipinski definition) is 1. The van der Waals surface area contributed by atoms with Crippen molar-refractivity contribution in [2.24, 2.45) is 4.99 Å². The molecule has 0 amide bonds. The molecule has 2 rings (SSSR count). The fourth-order valence-corrected chi connectivity index (χ4v) is 1.75. The van der Waals surface area contributed by atoms with Gasteiger partial charge in [0.05, 0.1) is 19.9 Å². The molecule has 0 saturated heterocycles. The lowest BCUT2D eigenvalue weighted by Gasteiger charge is -2.11. The molecule has 0 unspecified atom stereocenters. The van der Waals surface area contributed by atoms with Gasteiger partial charge in [-0.15, -0.1) is 0 Å². The first-order valence-electron chi connectivity index (χ1n) is 5.56. The highest BCUT2D eigenvalue weighted by atomic mass is 16.6. The number of hydrogen-bond acceptors (Lipinski definition) is 6. The van der Waals surface area contributed by atoms with E-state index in [9.17, 15) is 4.79 Å². The highest BCUT2D eigenvalue weighted by molar-refractivity contribution is 6.07. The number of esters is 1. The molecule has 19 heavy (non-hydrogen) atoms. The minimum atomic E-state index is -0.494. The number of anilines is 1. The maximum atomic E-state index is 11.5. The molecule has 0 fully saturated rings. The molecule has 6 heteroatoms. The second kappa shape index (κ2) is 5.01. The van der Waals surface area contributed by atoms with E-state index in [0.29, 0.717) is 28.6 Å². The van der Waals surface area contributed by atoms with Crippen molar-refractivity contribution in [3.8, 4) is 11.5 Å². The van der Waals surface area contributed by atoms with E-state index in [1.165, 1.54) is 14.2 Å². The van der Waals surface area contributed by atoms with Gasteiger partial charge in [-0.05, 0) is 18.2 Å². The van der Waals surface area contributed by atoms with Crippen molar-refractivity contribution >= 4 is 23.6 Å². The van der Waals surface area contributed by atoms with Crippen LogP contribution < -0.4 is 15.2 Å². The second-order valence-electron chi connectivity index (χ2n) is 3.85. The standard InChI is InChI=1S/C13H14N2O4/c1-7-15-9(13(16)19-7)6-8-4-5-10(17-2)12(18-3)11(8)14/h4-6H,14H2,1-3H3/b9-6-. The molecule has 100 valence electrons. The molecule has 0 spiro atoms. The third kappa shape index (κ3) is 2.37. The number of benzene rings is 1. The zero-order chi connectivity index (χ0) is 14.0. The molecule has 0 atom stereocenters. The molecule has 1 aromatic rings. The van der Waals surface area contributed by atoms with Crippen LogP contribution in [0, 0.1) is 0 Å². The van der Waals surface area contributed by atoms with Crippen molar-refractivity contribution in [3.05, 3.63) is 23.4 Å². The minimum absolute atomic E-state index is 0.205. The summed E-state index contributed by atoms with van der Waals surface area (Å²) in [6, 6.07) is 3.43. The van der Waals surface area contributed by atoms with Gasteiger partial charge in [-0.1, -0.05) is 0 Å². The third-order valence-corrected chi connectivity index (χ3v) is 2.64. The van der Waals surface area contributed by atoms with Crippen molar-refractivity contribution in [1.29, 1.82) is 0 Å². The van der Waals surface area contributed by atoms with Crippen molar-refractivity contribution in [3.63, 3.8) is 0 Å². The van der Waals surface area contributed by atoms with Gasteiger partial charge in [0.2, 0.25) is 0 Å². The zero-order valence-corrected chi connectivity index (χ0v) is 10.9. The van der Waals surface area contributed by atoms with Crippen LogP contribution in [0.25, 0.3) is 6.08 Å². The fraction of sp³-hybridized carbons (Fsp3) is 0.231. The summed E-state index contributed by atoms with van der Waals surface area (Å²) in [5, 5.41) is 0. The lowest BCUT2D eigenvalue weighted by atomic mass is 10.1. The van der Waals surface area contributed by atoms with Gasteiger partial charge in [-0.3, -0.25) is 0 Å². The van der Waals surface area contributed by atoms with E-state index in [4.69, 9.17) is 19.9 Å². The number of ether oxygens (including phenoxy) is 3. The Morgan fingerprint density at radius 3 is 2.58 bits per heavy atom. The second-order valence-corrected chi connectivity index (χ2v) is 3.85. The predicted molar refractivity (Wildman–Crippen MR) is 71.1 cm³/mol. The number of nitrogens with zero attached hydrogens (tertiary/aromatic N) is 1. The van der Waals surface area contributed by atoms with E-state index in [2.05, 4.69) is 4.99 Å². The van der Waals surface area contributed by atoms with Crippen LogP contribution in [0.4, 0.5) is 5.69 Å². The highest BCUT2D eigenvalue weighted by Gasteiger charge is 2.21. The smallest absolute Gasteiger partial charge is 0.363 e. The normalized spacial score (nSPS) is 16.3. The van der Waals surface area contributed by atoms with Gasteiger partial charge in [0.1, 0.15) is 0 Å². The Morgan fingerprint density at radius 1 is 1.32 bits per heavy atom. The molecular formula is C13H14N2O4. The Morgan fingerprint density at radius 2 is 2.05 bits per heavy atom. The quantitative estimate of drug-likeness (QED) is 0.508. The summed E-state index contributed by atoms with van der Waals surface area (Å²) in [5.74, 6) is 0.765. The minimum Gasteiger partial charge on any atom is -0.493 e. The first-order chi connectivity index (χ1) is 9.06. The molecule has 0 bridgehead atoms. The number of carbonyl (C=O) groups excluding carboxylic acids is 1. The Labute approximate surface area is 110 Å². The van der Waals surface area contributed by atoms with Crippen LogP contribution in [-0.4, -0.2) is 26.1 Å².